The molecule has 0 radical (unpaired) electrons. The van der Waals surface area contributed by atoms with Gasteiger partial charge >= 0.3 is 0 Å². The fourth-order valence-electron chi connectivity index (χ4n) is 1.64. The Labute approximate surface area is 94.4 Å². The fourth-order valence-corrected chi connectivity index (χ4v) is 1.64. The van der Waals surface area contributed by atoms with Crippen molar-refractivity contribution in [2.75, 3.05) is 0 Å². The molecule has 0 saturated heterocycles. The van der Waals surface area contributed by atoms with Crippen LogP contribution in [0, 0.1) is 0 Å². The molecular formula is C13H14N2O. The lowest BCUT2D eigenvalue weighted by atomic mass is 10.1. The van der Waals surface area contributed by atoms with Crippen LogP contribution in [0.5, 0.6) is 0 Å². The number of hydrogen-bond donors (Lipinski definition) is 0. The summed E-state index contributed by atoms with van der Waals surface area (Å²) in [6.07, 6.45) is 5.06. The molecule has 0 saturated carbocycles. The Hall–Kier alpha value is -1.90. The van der Waals surface area contributed by atoms with Crippen molar-refractivity contribution in [2.45, 2.75) is 19.4 Å². The van der Waals surface area contributed by atoms with Gasteiger partial charge in [0, 0.05) is 18.8 Å². The summed E-state index contributed by atoms with van der Waals surface area (Å²) < 4.78 is 1.64. The van der Waals surface area contributed by atoms with Gasteiger partial charge in [0.1, 0.15) is 0 Å². The van der Waals surface area contributed by atoms with E-state index in [0.717, 1.165) is 19.4 Å². The van der Waals surface area contributed by atoms with E-state index in [-0.39, 0.29) is 5.56 Å². The van der Waals surface area contributed by atoms with Crippen LogP contribution in [0.2, 0.25) is 0 Å². The van der Waals surface area contributed by atoms with E-state index in [4.69, 9.17) is 0 Å². The van der Waals surface area contributed by atoms with Gasteiger partial charge in [0.25, 0.3) is 5.56 Å². The molecule has 0 N–H and O–H groups in total. The van der Waals surface area contributed by atoms with E-state index in [1.54, 1.807) is 10.9 Å². The third-order valence-corrected chi connectivity index (χ3v) is 2.50. The third kappa shape index (κ3) is 2.79. The average Bonchev–Trinajstić information content (AvgIpc) is 2.33. The molecule has 0 amide bonds. The maximum atomic E-state index is 11.4. The van der Waals surface area contributed by atoms with Crippen LogP contribution in [0.4, 0.5) is 0 Å². The summed E-state index contributed by atoms with van der Waals surface area (Å²) in [7, 11) is 0. The maximum absolute atomic E-state index is 11.4. The molecule has 0 atom stereocenters. The highest BCUT2D eigenvalue weighted by Gasteiger charge is 1.95. The van der Waals surface area contributed by atoms with E-state index in [1.165, 1.54) is 17.8 Å². The van der Waals surface area contributed by atoms with E-state index in [9.17, 15) is 4.79 Å². The Morgan fingerprint density at radius 2 is 1.94 bits per heavy atom. The van der Waals surface area contributed by atoms with Crippen molar-refractivity contribution in [1.82, 2.24) is 9.55 Å². The van der Waals surface area contributed by atoms with Gasteiger partial charge in [-0.2, -0.15) is 0 Å². The SMILES string of the molecule is O=c1ccncn1CCCc1ccccc1. The van der Waals surface area contributed by atoms with E-state index in [2.05, 4.69) is 17.1 Å². The van der Waals surface area contributed by atoms with Crippen LogP contribution in [0.3, 0.4) is 0 Å². The van der Waals surface area contributed by atoms with Crippen molar-refractivity contribution in [3.8, 4) is 0 Å². The van der Waals surface area contributed by atoms with Gasteiger partial charge in [0.05, 0.1) is 6.33 Å². The summed E-state index contributed by atoms with van der Waals surface area (Å²) >= 11 is 0. The van der Waals surface area contributed by atoms with E-state index in [1.807, 2.05) is 18.2 Å². The van der Waals surface area contributed by atoms with Crippen molar-refractivity contribution in [1.29, 1.82) is 0 Å². The molecule has 0 bridgehead atoms. The van der Waals surface area contributed by atoms with Gasteiger partial charge in [-0.1, -0.05) is 30.3 Å². The number of aryl methyl sites for hydroxylation is 2. The topological polar surface area (TPSA) is 34.9 Å². The van der Waals surface area contributed by atoms with Crippen LogP contribution in [-0.2, 0) is 13.0 Å². The molecule has 0 unspecified atom stereocenters. The number of rotatable bonds is 4. The molecule has 2 aromatic rings. The lowest BCUT2D eigenvalue weighted by Gasteiger charge is -2.04. The van der Waals surface area contributed by atoms with E-state index < -0.39 is 0 Å². The molecule has 3 heteroatoms. The predicted octanol–water partition coefficient (Wildman–Crippen LogP) is 1.88. The van der Waals surface area contributed by atoms with Crippen molar-refractivity contribution in [3.63, 3.8) is 0 Å². The minimum Gasteiger partial charge on any atom is -0.299 e. The Morgan fingerprint density at radius 3 is 2.69 bits per heavy atom. The normalized spacial score (nSPS) is 10.2. The Balaban J connectivity index is 1.90. The molecule has 16 heavy (non-hydrogen) atoms. The van der Waals surface area contributed by atoms with Gasteiger partial charge in [-0.05, 0) is 18.4 Å². The van der Waals surface area contributed by atoms with Gasteiger partial charge in [-0.3, -0.25) is 9.36 Å². The van der Waals surface area contributed by atoms with Gasteiger partial charge in [0.2, 0.25) is 0 Å². The average molecular weight is 214 g/mol. The lowest BCUT2D eigenvalue weighted by Crippen LogP contribution is -2.18. The number of benzene rings is 1. The second kappa shape index (κ2) is 5.26. The molecule has 0 aliphatic heterocycles. The molecule has 1 heterocycles. The number of hydrogen-bond acceptors (Lipinski definition) is 2. The maximum Gasteiger partial charge on any atom is 0.253 e. The van der Waals surface area contributed by atoms with Crippen LogP contribution < -0.4 is 5.56 Å². The van der Waals surface area contributed by atoms with Gasteiger partial charge in [-0.15, -0.1) is 0 Å². The molecular weight excluding hydrogens is 200 g/mol. The zero-order valence-electron chi connectivity index (χ0n) is 9.04. The predicted molar refractivity (Wildman–Crippen MR) is 63.3 cm³/mol. The Bertz CT molecular complexity index is 491. The first kappa shape index (κ1) is 10.6. The molecule has 0 aliphatic rings. The van der Waals surface area contributed by atoms with Crippen LogP contribution >= 0.6 is 0 Å². The molecule has 82 valence electrons. The first-order valence-electron chi connectivity index (χ1n) is 5.40. The highest BCUT2D eigenvalue weighted by Crippen LogP contribution is 2.02. The Kier molecular flexibility index (Phi) is 3.49. The first-order chi connectivity index (χ1) is 7.86. The van der Waals surface area contributed by atoms with Gasteiger partial charge < -0.3 is 0 Å². The van der Waals surface area contributed by atoms with Crippen LogP contribution in [0.25, 0.3) is 0 Å². The summed E-state index contributed by atoms with van der Waals surface area (Å²) in [6, 6.07) is 11.8. The van der Waals surface area contributed by atoms with Crippen molar-refractivity contribution in [3.05, 3.63) is 64.8 Å². The summed E-state index contributed by atoms with van der Waals surface area (Å²) in [5.74, 6) is 0. The minimum absolute atomic E-state index is 0.0167. The lowest BCUT2D eigenvalue weighted by molar-refractivity contribution is 0.611. The number of nitrogens with zero attached hydrogens (tertiary/aromatic N) is 2. The minimum atomic E-state index is 0.0167. The van der Waals surface area contributed by atoms with Gasteiger partial charge in [0.15, 0.2) is 0 Å². The van der Waals surface area contributed by atoms with Gasteiger partial charge in [-0.25, -0.2) is 4.98 Å². The number of aromatic nitrogens is 2. The third-order valence-electron chi connectivity index (χ3n) is 2.50. The molecule has 0 aliphatic carbocycles. The molecule has 2 rings (SSSR count). The summed E-state index contributed by atoms with van der Waals surface area (Å²) in [6.45, 7) is 0.724. The molecule has 0 fully saturated rings. The molecule has 3 nitrogen and oxygen atoms in total. The highest BCUT2D eigenvalue weighted by molar-refractivity contribution is 5.14. The second-order valence-electron chi connectivity index (χ2n) is 3.70. The van der Waals surface area contributed by atoms with Crippen LogP contribution in [0.15, 0.2) is 53.7 Å². The zero-order chi connectivity index (χ0) is 11.2. The smallest absolute Gasteiger partial charge is 0.253 e. The van der Waals surface area contributed by atoms with Crippen molar-refractivity contribution in [2.24, 2.45) is 0 Å². The van der Waals surface area contributed by atoms with Crippen LogP contribution in [-0.4, -0.2) is 9.55 Å². The van der Waals surface area contributed by atoms with E-state index in [0.29, 0.717) is 0 Å². The summed E-state index contributed by atoms with van der Waals surface area (Å²) in [5.41, 5.74) is 1.32. The monoisotopic (exact) mass is 214 g/mol. The van der Waals surface area contributed by atoms with Crippen LogP contribution in [0.1, 0.15) is 12.0 Å². The second-order valence-corrected chi connectivity index (χ2v) is 3.70. The quantitative estimate of drug-likeness (QED) is 0.778. The zero-order valence-corrected chi connectivity index (χ0v) is 9.04. The summed E-state index contributed by atoms with van der Waals surface area (Å²) in [5, 5.41) is 0. The largest absolute Gasteiger partial charge is 0.299 e. The molecule has 1 aromatic carbocycles. The molecule has 1 aromatic heterocycles. The first-order valence-corrected chi connectivity index (χ1v) is 5.40. The van der Waals surface area contributed by atoms with Crippen molar-refractivity contribution < 1.29 is 0 Å². The van der Waals surface area contributed by atoms with E-state index >= 15 is 0 Å². The molecule has 0 spiro atoms. The fraction of sp³-hybridized carbons (Fsp3) is 0.231. The summed E-state index contributed by atoms with van der Waals surface area (Å²) in [4.78, 5) is 15.3. The highest BCUT2D eigenvalue weighted by atomic mass is 16.1. The Morgan fingerprint density at radius 1 is 1.12 bits per heavy atom. The standard InChI is InChI=1S/C13H14N2O/c16-13-8-9-14-11-15(13)10-4-7-12-5-2-1-3-6-12/h1-3,5-6,8-9,11H,4,7,10H2. The van der Waals surface area contributed by atoms with Crippen molar-refractivity contribution >= 4 is 0 Å².